The lowest BCUT2D eigenvalue weighted by molar-refractivity contribution is -0.113. The fraction of sp³-hybridized carbons (Fsp3) is 0. The van der Waals surface area contributed by atoms with Crippen molar-refractivity contribution in [1.29, 1.82) is 0 Å². The largest absolute Gasteiger partial charge is 0.343 e. The first-order valence-corrected chi connectivity index (χ1v) is 7.02. The minimum atomic E-state index is -1.05. The van der Waals surface area contributed by atoms with Crippen LogP contribution in [0.1, 0.15) is 20.7 Å². The van der Waals surface area contributed by atoms with Crippen molar-refractivity contribution in [3.63, 3.8) is 0 Å². The smallest absolute Gasteiger partial charge is 0.283 e. The minimum absolute atomic E-state index is 0.0853. The highest BCUT2D eigenvalue weighted by molar-refractivity contribution is 6.61. The van der Waals surface area contributed by atoms with Crippen LogP contribution in [0.3, 0.4) is 0 Å². The van der Waals surface area contributed by atoms with Crippen molar-refractivity contribution in [2.24, 2.45) is 0 Å². The molecule has 0 radical (unpaired) electrons. The Kier molecular flexibility index (Phi) is 2.74. The molecule has 2 aromatic rings. The van der Waals surface area contributed by atoms with Gasteiger partial charge in [-0.1, -0.05) is 24.3 Å². The molecule has 0 aromatic heterocycles. The number of fused-ring (bicyclic) bond motifs is 2. The van der Waals surface area contributed by atoms with E-state index in [2.05, 4.69) is 0 Å². The summed E-state index contributed by atoms with van der Waals surface area (Å²) in [4.78, 5) is 62.4. The van der Waals surface area contributed by atoms with Crippen molar-refractivity contribution in [2.45, 2.75) is 0 Å². The Bertz CT molecular complexity index is 901. The van der Waals surface area contributed by atoms with E-state index in [1.54, 1.807) is 24.3 Å². The molecule has 0 fully saturated rings. The molecule has 2 heterocycles. The molecule has 4 rings (SSSR count). The second-order valence-corrected chi connectivity index (χ2v) is 5.26. The number of nitrogens with zero attached hydrogens (tertiary/aromatic N) is 2. The van der Waals surface area contributed by atoms with E-state index in [4.69, 9.17) is 0 Å². The van der Waals surface area contributed by atoms with Crippen LogP contribution >= 0.6 is 0 Å². The Labute approximate surface area is 135 Å². The van der Waals surface area contributed by atoms with Crippen LogP contribution in [-0.4, -0.2) is 29.4 Å². The summed E-state index contributed by atoms with van der Waals surface area (Å²) in [6.45, 7) is 0. The van der Waals surface area contributed by atoms with Gasteiger partial charge in [-0.2, -0.15) is 0 Å². The Morgan fingerprint density at radius 3 is 1.42 bits per heavy atom. The van der Waals surface area contributed by atoms with Crippen LogP contribution in [0.15, 0.2) is 48.5 Å². The summed E-state index contributed by atoms with van der Waals surface area (Å²) < 4.78 is 0. The molecule has 0 bridgehead atoms. The first-order chi connectivity index (χ1) is 11.5. The highest BCUT2D eigenvalue weighted by atomic mass is 16.2. The summed E-state index contributed by atoms with van der Waals surface area (Å²) in [7, 11) is 0. The molecular formula is C17H8N2O5. The number of ketones is 2. The Morgan fingerprint density at radius 2 is 1.00 bits per heavy atom. The monoisotopic (exact) mass is 320 g/mol. The van der Waals surface area contributed by atoms with Gasteiger partial charge in [0.1, 0.15) is 0 Å². The van der Waals surface area contributed by atoms with Crippen LogP contribution in [0.2, 0.25) is 0 Å². The quantitative estimate of drug-likeness (QED) is 0.687. The summed E-state index contributed by atoms with van der Waals surface area (Å²) in [6, 6.07) is 10.9. The van der Waals surface area contributed by atoms with Gasteiger partial charge in [0.25, 0.3) is 11.6 Å². The number of rotatable bonds is 0. The number of benzene rings is 2. The van der Waals surface area contributed by atoms with Crippen molar-refractivity contribution in [3.05, 3.63) is 59.7 Å². The van der Waals surface area contributed by atoms with Gasteiger partial charge < -0.3 is 0 Å². The van der Waals surface area contributed by atoms with Gasteiger partial charge in [0.15, 0.2) is 0 Å². The third-order valence-corrected chi connectivity index (χ3v) is 3.96. The Hall–Kier alpha value is -3.61. The Morgan fingerprint density at radius 1 is 0.625 bits per heavy atom. The molecule has 116 valence electrons. The highest BCUT2D eigenvalue weighted by Gasteiger charge is 2.47. The number of anilines is 2. The molecular weight excluding hydrogens is 312 g/mol. The molecule has 0 atom stereocenters. The second kappa shape index (κ2) is 4.69. The zero-order valence-electron chi connectivity index (χ0n) is 12.1. The van der Waals surface area contributed by atoms with Crippen LogP contribution in [0.4, 0.5) is 16.2 Å². The molecule has 0 saturated heterocycles. The van der Waals surface area contributed by atoms with Crippen molar-refractivity contribution in [2.75, 3.05) is 9.80 Å². The van der Waals surface area contributed by atoms with Gasteiger partial charge in [-0.05, 0) is 24.3 Å². The third kappa shape index (κ3) is 1.63. The molecule has 2 aliphatic rings. The minimum Gasteiger partial charge on any atom is -0.283 e. The lowest BCUT2D eigenvalue weighted by atomic mass is 10.1. The lowest BCUT2D eigenvalue weighted by Crippen LogP contribution is -2.48. The average Bonchev–Trinajstić information content (AvgIpc) is 3.00. The SMILES string of the molecule is O=C1C(=O)N(C(=O)N2C(=O)C(=O)c3ccccc32)c2ccccc21. The molecule has 2 aliphatic heterocycles. The molecule has 7 heteroatoms. The van der Waals surface area contributed by atoms with Crippen molar-refractivity contribution in [1.82, 2.24) is 0 Å². The molecule has 4 amide bonds. The van der Waals surface area contributed by atoms with E-state index in [1.165, 1.54) is 24.3 Å². The number of carbonyl (C=O) groups excluding carboxylic acids is 5. The van der Waals surface area contributed by atoms with Crippen LogP contribution < -0.4 is 9.80 Å². The number of amides is 4. The number of carbonyl (C=O) groups is 5. The summed E-state index contributed by atoms with van der Waals surface area (Å²) in [5, 5.41) is 0. The summed E-state index contributed by atoms with van der Waals surface area (Å²) in [5.41, 5.74) is 0.369. The van der Waals surface area contributed by atoms with E-state index >= 15 is 0 Å². The van der Waals surface area contributed by atoms with Crippen LogP contribution in [0.5, 0.6) is 0 Å². The highest BCUT2D eigenvalue weighted by Crippen LogP contribution is 2.34. The first-order valence-electron chi connectivity index (χ1n) is 7.02. The number of para-hydroxylation sites is 2. The molecule has 7 nitrogen and oxygen atoms in total. The predicted octanol–water partition coefficient (Wildman–Crippen LogP) is 1.57. The van der Waals surface area contributed by atoms with Crippen molar-refractivity contribution < 1.29 is 24.0 Å². The van der Waals surface area contributed by atoms with E-state index in [9.17, 15) is 24.0 Å². The molecule has 24 heavy (non-hydrogen) atoms. The molecule has 0 saturated carbocycles. The van der Waals surface area contributed by atoms with E-state index in [0.29, 0.717) is 9.80 Å². The molecule has 0 spiro atoms. The van der Waals surface area contributed by atoms with Gasteiger partial charge >= 0.3 is 17.8 Å². The molecule has 2 aromatic carbocycles. The van der Waals surface area contributed by atoms with E-state index < -0.39 is 29.4 Å². The fourth-order valence-electron chi connectivity index (χ4n) is 2.85. The summed E-state index contributed by atoms with van der Waals surface area (Å²) in [6.07, 6.45) is 0. The predicted molar refractivity (Wildman–Crippen MR) is 81.9 cm³/mol. The number of hydrogen-bond acceptors (Lipinski definition) is 5. The van der Waals surface area contributed by atoms with Crippen molar-refractivity contribution >= 4 is 40.8 Å². The van der Waals surface area contributed by atoms with Crippen LogP contribution in [0.25, 0.3) is 0 Å². The standard InChI is InChI=1S/C17H8N2O5/c20-13-9-5-1-3-7-11(9)18(15(13)22)17(24)19-12-8-4-2-6-10(12)14(21)16(19)23/h1-8H. The zero-order chi connectivity index (χ0) is 17.0. The number of imide groups is 2. The summed E-state index contributed by atoms with van der Waals surface area (Å²) in [5.74, 6) is -3.76. The summed E-state index contributed by atoms with van der Waals surface area (Å²) >= 11 is 0. The maximum Gasteiger partial charge on any atom is 0.343 e. The van der Waals surface area contributed by atoms with Gasteiger partial charge in [-0.25, -0.2) is 14.6 Å². The van der Waals surface area contributed by atoms with E-state index in [1.807, 2.05) is 0 Å². The Balaban J connectivity index is 1.83. The van der Waals surface area contributed by atoms with Gasteiger partial charge in [0, 0.05) is 0 Å². The second-order valence-electron chi connectivity index (χ2n) is 5.26. The number of Topliss-reactive ketones (excluding diaryl/α,β-unsaturated/α-hetero) is 2. The van der Waals surface area contributed by atoms with E-state index in [0.717, 1.165) is 0 Å². The maximum atomic E-state index is 12.8. The van der Waals surface area contributed by atoms with Crippen LogP contribution in [0, 0.1) is 0 Å². The average molecular weight is 320 g/mol. The maximum absolute atomic E-state index is 12.8. The molecule has 0 aliphatic carbocycles. The topological polar surface area (TPSA) is 91.8 Å². The lowest BCUT2D eigenvalue weighted by Gasteiger charge is -2.21. The van der Waals surface area contributed by atoms with Gasteiger partial charge in [-0.15, -0.1) is 0 Å². The number of hydrogen-bond donors (Lipinski definition) is 0. The normalized spacial score (nSPS) is 15.8. The first kappa shape index (κ1) is 14.0. The molecule has 0 unspecified atom stereocenters. The molecule has 0 N–H and O–H groups in total. The number of urea groups is 1. The fourth-order valence-corrected chi connectivity index (χ4v) is 2.85. The van der Waals surface area contributed by atoms with Crippen LogP contribution in [-0.2, 0) is 9.59 Å². The third-order valence-electron chi connectivity index (χ3n) is 3.96. The van der Waals surface area contributed by atoms with Crippen molar-refractivity contribution in [3.8, 4) is 0 Å². The van der Waals surface area contributed by atoms with Gasteiger partial charge in [0.05, 0.1) is 22.5 Å². The van der Waals surface area contributed by atoms with Gasteiger partial charge in [-0.3, -0.25) is 19.2 Å². The van der Waals surface area contributed by atoms with E-state index in [-0.39, 0.29) is 22.5 Å². The van der Waals surface area contributed by atoms with Gasteiger partial charge in [0.2, 0.25) is 0 Å². The zero-order valence-corrected chi connectivity index (χ0v) is 12.1.